The van der Waals surface area contributed by atoms with Crippen molar-refractivity contribution in [1.29, 1.82) is 0 Å². The highest BCUT2D eigenvalue weighted by molar-refractivity contribution is 5.50. The van der Waals surface area contributed by atoms with Crippen molar-refractivity contribution in [3.63, 3.8) is 0 Å². The van der Waals surface area contributed by atoms with Crippen molar-refractivity contribution in [3.8, 4) is 0 Å². The van der Waals surface area contributed by atoms with Crippen molar-refractivity contribution in [2.75, 3.05) is 5.73 Å². The number of nitrogen functional groups attached to an aromatic ring is 1. The number of nitrogens with two attached hydrogens (primary N) is 1. The minimum absolute atomic E-state index is 0.709. The molecule has 2 N–H and O–H groups in total. The number of anilines is 1. The molecule has 0 spiro atoms. The first-order valence-electron chi connectivity index (χ1n) is 6.63. The molecule has 2 rings (SSSR count). The molecule has 1 aliphatic carbocycles. The molecule has 0 amide bonds. The summed E-state index contributed by atoms with van der Waals surface area (Å²) in [5.41, 5.74) is 9.85. The van der Waals surface area contributed by atoms with Gasteiger partial charge in [0.05, 0.1) is 0 Å². The molecule has 0 saturated heterocycles. The van der Waals surface area contributed by atoms with Crippen LogP contribution >= 0.6 is 0 Å². The van der Waals surface area contributed by atoms with Crippen LogP contribution in [0.15, 0.2) is 18.2 Å². The SMILES string of the molecule is Cc1ccc(N)c(C2CCCCCCC2)c1. The third kappa shape index (κ3) is 2.78. The van der Waals surface area contributed by atoms with Crippen LogP contribution < -0.4 is 5.73 Å². The van der Waals surface area contributed by atoms with E-state index in [0.717, 1.165) is 5.69 Å². The molecule has 0 atom stereocenters. The maximum absolute atomic E-state index is 6.11. The second-order valence-electron chi connectivity index (χ2n) is 5.17. The lowest BCUT2D eigenvalue weighted by atomic mass is 9.85. The van der Waals surface area contributed by atoms with Crippen LogP contribution in [-0.2, 0) is 0 Å². The molecular formula is C15H23N. The van der Waals surface area contributed by atoms with Crippen LogP contribution in [0, 0.1) is 6.92 Å². The van der Waals surface area contributed by atoms with Crippen molar-refractivity contribution >= 4 is 5.69 Å². The summed E-state index contributed by atoms with van der Waals surface area (Å²) in [7, 11) is 0. The molecule has 0 aliphatic heterocycles. The van der Waals surface area contributed by atoms with Gasteiger partial charge in [0.25, 0.3) is 0 Å². The van der Waals surface area contributed by atoms with E-state index in [-0.39, 0.29) is 0 Å². The lowest BCUT2D eigenvalue weighted by Gasteiger charge is -2.21. The van der Waals surface area contributed by atoms with Gasteiger partial charge in [-0.25, -0.2) is 0 Å². The first-order valence-corrected chi connectivity index (χ1v) is 6.63. The zero-order valence-corrected chi connectivity index (χ0v) is 10.3. The highest BCUT2D eigenvalue weighted by Crippen LogP contribution is 2.34. The Hall–Kier alpha value is -0.980. The van der Waals surface area contributed by atoms with E-state index in [0.29, 0.717) is 5.92 Å². The first-order chi connectivity index (χ1) is 7.77. The minimum atomic E-state index is 0.709. The van der Waals surface area contributed by atoms with Crippen LogP contribution in [0.1, 0.15) is 62.0 Å². The molecule has 1 saturated carbocycles. The van der Waals surface area contributed by atoms with Crippen molar-refractivity contribution in [2.45, 2.75) is 57.8 Å². The molecule has 0 radical (unpaired) electrons. The summed E-state index contributed by atoms with van der Waals surface area (Å²) in [6.45, 7) is 2.16. The van der Waals surface area contributed by atoms with Crippen LogP contribution in [0.3, 0.4) is 0 Å². The summed E-state index contributed by atoms with van der Waals surface area (Å²) in [6.07, 6.45) is 9.64. The summed E-state index contributed by atoms with van der Waals surface area (Å²) in [5, 5.41) is 0. The third-order valence-corrected chi connectivity index (χ3v) is 3.79. The van der Waals surface area contributed by atoms with E-state index in [9.17, 15) is 0 Å². The molecule has 1 fully saturated rings. The smallest absolute Gasteiger partial charge is 0.0349 e. The summed E-state index contributed by atoms with van der Waals surface area (Å²) >= 11 is 0. The third-order valence-electron chi connectivity index (χ3n) is 3.79. The monoisotopic (exact) mass is 217 g/mol. The topological polar surface area (TPSA) is 26.0 Å². The first kappa shape index (κ1) is 11.5. The van der Waals surface area contributed by atoms with Crippen LogP contribution in [0.25, 0.3) is 0 Å². The van der Waals surface area contributed by atoms with E-state index in [1.54, 1.807) is 0 Å². The van der Waals surface area contributed by atoms with E-state index < -0.39 is 0 Å². The Morgan fingerprint density at radius 2 is 1.62 bits per heavy atom. The molecule has 0 aromatic heterocycles. The van der Waals surface area contributed by atoms with Gasteiger partial charge in [0.2, 0.25) is 0 Å². The summed E-state index contributed by atoms with van der Waals surface area (Å²) in [5.74, 6) is 0.709. The van der Waals surface area contributed by atoms with Crippen LogP contribution in [0.5, 0.6) is 0 Å². The standard InChI is InChI=1S/C15H23N/c1-12-9-10-15(16)14(11-12)13-7-5-3-2-4-6-8-13/h9-11,13H,2-8,16H2,1H3. The van der Waals surface area contributed by atoms with Crippen LogP contribution in [0.2, 0.25) is 0 Å². The predicted octanol–water partition coefficient (Wildman–Crippen LogP) is 4.41. The van der Waals surface area contributed by atoms with Crippen molar-refractivity contribution in [3.05, 3.63) is 29.3 Å². The zero-order valence-electron chi connectivity index (χ0n) is 10.3. The molecule has 88 valence electrons. The summed E-state index contributed by atoms with van der Waals surface area (Å²) in [4.78, 5) is 0. The van der Waals surface area contributed by atoms with Gasteiger partial charge in [0.1, 0.15) is 0 Å². The van der Waals surface area contributed by atoms with Gasteiger partial charge >= 0.3 is 0 Å². The number of rotatable bonds is 1. The normalized spacial score (nSPS) is 19.1. The fraction of sp³-hybridized carbons (Fsp3) is 0.600. The van der Waals surface area contributed by atoms with Crippen LogP contribution in [0.4, 0.5) is 5.69 Å². The number of hydrogen-bond donors (Lipinski definition) is 1. The Morgan fingerprint density at radius 3 is 2.31 bits per heavy atom. The Kier molecular flexibility index (Phi) is 3.87. The van der Waals surface area contributed by atoms with E-state index in [4.69, 9.17) is 5.73 Å². The Morgan fingerprint density at radius 1 is 1.00 bits per heavy atom. The highest BCUT2D eigenvalue weighted by atomic mass is 14.6. The quantitative estimate of drug-likeness (QED) is 0.693. The molecule has 0 heterocycles. The van der Waals surface area contributed by atoms with Crippen LogP contribution in [-0.4, -0.2) is 0 Å². The van der Waals surface area contributed by atoms with Gasteiger partial charge in [-0.05, 0) is 37.3 Å². The molecule has 16 heavy (non-hydrogen) atoms. The van der Waals surface area contributed by atoms with Gasteiger partial charge in [-0.15, -0.1) is 0 Å². The Balaban J connectivity index is 2.16. The second kappa shape index (κ2) is 5.38. The molecule has 1 heteroatoms. The Bertz CT molecular complexity index is 335. The van der Waals surface area contributed by atoms with Gasteiger partial charge in [-0.1, -0.05) is 49.8 Å². The maximum Gasteiger partial charge on any atom is 0.0349 e. The van der Waals surface area contributed by atoms with E-state index in [2.05, 4.69) is 25.1 Å². The average Bonchev–Trinajstić information content (AvgIpc) is 2.22. The van der Waals surface area contributed by atoms with E-state index in [1.165, 1.54) is 56.1 Å². The van der Waals surface area contributed by atoms with Gasteiger partial charge in [-0.3, -0.25) is 0 Å². The fourth-order valence-corrected chi connectivity index (χ4v) is 2.81. The molecule has 0 unspecified atom stereocenters. The van der Waals surface area contributed by atoms with Gasteiger partial charge < -0.3 is 5.73 Å². The minimum Gasteiger partial charge on any atom is -0.398 e. The van der Waals surface area contributed by atoms with Crippen molar-refractivity contribution < 1.29 is 0 Å². The molecule has 1 aliphatic rings. The van der Waals surface area contributed by atoms with Crippen molar-refractivity contribution in [1.82, 2.24) is 0 Å². The predicted molar refractivity (Wildman–Crippen MR) is 70.7 cm³/mol. The Labute approximate surface area is 99.0 Å². The highest BCUT2D eigenvalue weighted by Gasteiger charge is 2.15. The molecule has 1 nitrogen and oxygen atoms in total. The largest absolute Gasteiger partial charge is 0.398 e. The van der Waals surface area contributed by atoms with Crippen molar-refractivity contribution in [2.24, 2.45) is 0 Å². The summed E-state index contributed by atoms with van der Waals surface area (Å²) < 4.78 is 0. The van der Waals surface area contributed by atoms with Gasteiger partial charge in [0.15, 0.2) is 0 Å². The number of hydrogen-bond acceptors (Lipinski definition) is 1. The lowest BCUT2D eigenvalue weighted by molar-refractivity contribution is 0.456. The fourth-order valence-electron chi connectivity index (χ4n) is 2.81. The van der Waals surface area contributed by atoms with Gasteiger partial charge in [0, 0.05) is 5.69 Å². The molecular weight excluding hydrogens is 194 g/mol. The molecule has 0 bridgehead atoms. The molecule has 1 aromatic rings. The van der Waals surface area contributed by atoms with Gasteiger partial charge in [-0.2, -0.15) is 0 Å². The number of aryl methyl sites for hydroxylation is 1. The zero-order chi connectivity index (χ0) is 11.4. The molecule has 1 aromatic carbocycles. The number of benzene rings is 1. The maximum atomic E-state index is 6.11. The van der Waals surface area contributed by atoms with E-state index >= 15 is 0 Å². The average molecular weight is 217 g/mol. The van der Waals surface area contributed by atoms with E-state index in [1.807, 2.05) is 0 Å². The summed E-state index contributed by atoms with van der Waals surface area (Å²) in [6, 6.07) is 6.48. The lowest BCUT2D eigenvalue weighted by Crippen LogP contribution is -2.05. The second-order valence-corrected chi connectivity index (χ2v) is 5.17.